The fraction of sp³-hybridized carbons (Fsp3) is 0.273. The molecule has 6 heteroatoms. The van der Waals surface area contributed by atoms with Gasteiger partial charge >= 0.3 is 5.97 Å². The Kier molecular flexibility index (Phi) is 4.78. The summed E-state index contributed by atoms with van der Waals surface area (Å²) in [5, 5.41) is 11.4. The van der Waals surface area contributed by atoms with Crippen molar-refractivity contribution in [3.8, 4) is 0 Å². The smallest absolute Gasteiger partial charge is 0.303 e. The van der Waals surface area contributed by atoms with E-state index < -0.39 is 5.97 Å². The third-order valence-electron chi connectivity index (χ3n) is 2.06. The largest absolute Gasteiger partial charge is 0.481 e. The Morgan fingerprint density at radius 2 is 2.06 bits per heavy atom. The van der Waals surface area contributed by atoms with E-state index in [9.17, 15) is 9.59 Å². The van der Waals surface area contributed by atoms with E-state index >= 15 is 0 Å². The minimum atomic E-state index is -0.914. The molecular weight excluding hydrogens is 244 g/mol. The topological polar surface area (TPSA) is 92.4 Å². The van der Waals surface area contributed by atoms with Crippen LogP contribution in [0.25, 0.3) is 0 Å². The number of nitrogen functional groups attached to an aromatic ring is 1. The van der Waals surface area contributed by atoms with Crippen LogP contribution in [-0.4, -0.2) is 17.0 Å². The van der Waals surface area contributed by atoms with Gasteiger partial charge in [0, 0.05) is 18.5 Å². The average molecular weight is 257 g/mol. The number of carboxylic acid groups (broad SMARTS) is 1. The van der Waals surface area contributed by atoms with Crippen LogP contribution < -0.4 is 11.1 Å². The van der Waals surface area contributed by atoms with E-state index in [1.807, 2.05) is 0 Å². The molecule has 0 spiro atoms. The fourth-order valence-electron chi connectivity index (χ4n) is 1.25. The number of hydrogen-bond acceptors (Lipinski definition) is 3. The number of carbonyl (C=O) groups excluding carboxylic acids is 1. The number of carbonyl (C=O) groups is 2. The molecule has 0 aliphatic heterocycles. The van der Waals surface area contributed by atoms with Gasteiger partial charge in [-0.25, -0.2) is 0 Å². The van der Waals surface area contributed by atoms with Crippen LogP contribution in [-0.2, 0) is 9.59 Å². The van der Waals surface area contributed by atoms with E-state index in [0.717, 1.165) is 0 Å². The van der Waals surface area contributed by atoms with E-state index in [1.54, 1.807) is 12.1 Å². The summed E-state index contributed by atoms with van der Waals surface area (Å²) in [5.74, 6) is -1.18. The van der Waals surface area contributed by atoms with E-state index in [-0.39, 0.29) is 18.7 Å². The second kappa shape index (κ2) is 6.10. The molecule has 92 valence electrons. The van der Waals surface area contributed by atoms with Gasteiger partial charge in [-0.2, -0.15) is 0 Å². The van der Waals surface area contributed by atoms with Crippen molar-refractivity contribution in [2.24, 2.45) is 0 Å². The fourth-order valence-corrected chi connectivity index (χ4v) is 1.48. The summed E-state index contributed by atoms with van der Waals surface area (Å²) in [6.07, 6.45) is 0.420. The van der Waals surface area contributed by atoms with Gasteiger partial charge in [0.05, 0.1) is 10.7 Å². The molecule has 0 aliphatic rings. The average Bonchev–Trinajstić information content (AvgIpc) is 2.21. The van der Waals surface area contributed by atoms with Crippen molar-refractivity contribution in [3.63, 3.8) is 0 Å². The highest BCUT2D eigenvalue weighted by atomic mass is 35.5. The van der Waals surface area contributed by atoms with Crippen molar-refractivity contribution in [1.82, 2.24) is 0 Å². The molecule has 4 N–H and O–H groups in total. The second-order valence-corrected chi connectivity index (χ2v) is 3.94. The molecular formula is C11H13ClN2O3. The maximum atomic E-state index is 11.4. The van der Waals surface area contributed by atoms with Crippen LogP contribution >= 0.6 is 11.6 Å². The minimum Gasteiger partial charge on any atom is -0.481 e. The zero-order valence-corrected chi connectivity index (χ0v) is 9.83. The van der Waals surface area contributed by atoms with Crippen LogP contribution in [0.1, 0.15) is 19.3 Å². The van der Waals surface area contributed by atoms with Gasteiger partial charge in [-0.1, -0.05) is 11.6 Å². The molecule has 1 amide bonds. The molecule has 0 aliphatic carbocycles. The Morgan fingerprint density at radius 1 is 1.35 bits per heavy atom. The molecule has 1 aromatic carbocycles. The summed E-state index contributed by atoms with van der Waals surface area (Å²) in [6.45, 7) is 0. The molecule has 1 rings (SSSR count). The van der Waals surface area contributed by atoms with Crippen LogP contribution in [0.4, 0.5) is 11.4 Å². The number of nitrogens with one attached hydrogen (secondary N) is 1. The number of rotatable bonds is 5. The lowest BCUT2D eigenvalue weighted by Gasteiger charge is -2.07. The van der Waals surface area contributed by atoms with Gasteiger partial charge in [0.25, 0.3) is 0 Å². The lowest BCUT2D eigenvalue weighted by Crippen LogP contribution is -2.12. The first-order chi connectivity index (χ1) is 7.99. The Hall–Kier alpha value is -1.75. The summed E-state index contributed by atoms with van der Waals surface area (Å²) in [4.78, 5) is 21.7. The maximum Gasteiger partial charge on any atom is 0.303 e. The van der Waals surface area contributed by atoms with Gasteiger partial charge in [0.1, 0.15) is 0 Å². The van der Waals surface area contributed by atoms with Crippen LogP contribution in [0, 0.1) is 0 Å². The number of anilines is 2. The monoisotopic (exact) mass is 256 g/mol. The molecule has 0 saturated carbocycles. The predicted molar refractivity (Wildman–Crippen MR) is 66.0 cm³/mol. The van der Waals surface area contributed by atoms with Gasteiger partial charge in [0.2, 0.25) is 5.91 Å². The van der Waals surface area contributed by atoms with Crippen LogP contribution in [0.3, 0.4) is 0 Å². The molecule has 0 fully saturated rings. The van der Waals surface area contributed by atoms with Gasteiger partial charge in [-0.15, -0.1) is 0 Å². The van der Waals surface area contributed by atoms with Crippen molar-refractivity contribution in [1.29, 1.82) is 0 Å². The lowest BCUT2D eigenvalue weighted by molar-refractivity contribution is -0.137. The number of amides is 1. The Morgan fingerprint density at radius 3 is 2.65 bits per heavy atom. The lowest BCUT2D eigenvalue weighted by atomic mass is 10.2. The molecule has 0 bridgehead atoms. The molecule has 5 nitrogen and oxygen atoms in total. The van der Waals surface area contributed by atoms with Crippen molar-refractivity contribution in [2.75, 3.05) is 11.1 Å². The SMILES string of the molecule is Nc1ccc(NC(=O)CCCC(=O)O)c(Cl)c1. The molecule has 0 aromatic heterocycles. The predicted octanol–water partition coefficient (Wildman–Crippen LogP) is 2.12. The van der Waals surface area contributed by atoms with E-state index in [1.165, 1.54) is 6.07 Å². The number of hydrogen-bond donors (Lipinski definition) is 3. The summed E-state index contributed by atoms with van der Waals surface area (Å²) >= 11 is 5.87. The number of halogens is 1. The van der Waals surface area contributed by atoms with E-state index in [2.05, 4.69) is 5.32 Å². The molecule has 0 heterocycles. The highest BCUT2D eigenvalue weighted by Gasteiger charge is 2.07. The quantitative estimate of drug-likeness (QED) is 0.704. The van der Waals surface area contributed by atoms with Gasteiger partial charge in [-0.05, 0) is 24.6 Å². The zero-order chi connectivity index (χ0) is 12.8. The minimum absolute atomic E-state index is 0.0249. The first-order valence-corrected chi connectivity index (χ1v) is 5.43. The molecule has 1 aromatic rings. The molecule has 17 heavy (non-hydrogen) atoms. The Bertz CT molecular complexity index is 435. The number of benzene rings is 1. The summed E-state index contributed by atoms with van der Waals surface area (Å²) in [7, 11) is 0. The first-order valence-electron chi connectivity index (χ1n) is 5.05. The number of carboxylic acids is 1. The molecule has 0 unspecified atom stereocenters. The Balaban J connectivity index is 2.48. The van der Waals surface area contributed by atoms with Crippen LogP contribution in [0.15, 0.2) is 18.2 Å². The second-order valence-electron chi connectivity index (χ2n) is 3.53. The van der Waals surface area contributed by atoms with E-state index in [4.69, 9.17) is 22.4 Å². The first kappa shape index (κ1) is 13.3. The maximum absolute atomic E-state index is 11.4. The molecule has 0 saturated heterocycles. The highest BCUT2D eigenvalue weighted by molar-refractivity contribution is 6.34. The van der Waals surface area contributed by atoms with Crippen LogP contribution in [0.5, 0.6) is 0 Å². The van der Waals surface area contributed by atoms with Gasteiger partial charge in [-0.3, -0.25) is 9.59 Å². The third kappa shape index (κ3) is 4.74. The number of aliphatic carboxylic acids is 1. The van der Waals surface area contributed by atoms with Crippen molar-refractivity contribution < 1.29 is 14.7 Å². The van der Waals surface area contributed by atoms with Crippen molar-refractivity contribution in [3.05, 3.63) is 23.2 Å². The van der Waals surface area contributed by atoms with Gasteiger partial charge < -0.3 is 16.2 Å². The van der Waals surface area contributed by atoms with Crippen molar-refractivity contribution in [2.45, 2.75) is 19.3 Å². The van der Waals surface area contributed by atoms with E-state index in [0.29, 0.717) is 22.8 Å². The Labute approximate surface area is 104 Å². The standard InChI is InChI=1S/C11H13ClN2O3/c12-8-6-7(13)4-5-9(8)14-10(15)2-1-3-11(16)17/h4-6H,1-3,13H2,(H,14,15)(H,16,17). The summed E-state index contributed by atoms with van der Waals surface area (Å²) in [6, 6.07) is 4.76. The summed E-state index contributed by atoms with van der Waals surface area (Å²) < 4.78 is 0. The summed E-state index contributed by atoms with van der Waals surface area (Å²) in [5.41, 5.74) is 6.50. The molecule has 0 atom stereocenters. The highest BCUT2D eigenvalue weighted by Crippen LogP contribution is 2.24. The normalized spacial score (nSPS) is 9.94. The molecule has 0 radical (unpaired) electrons. The van der Waals surface area contributed by atoms with Crippen molar-refractivity contribution >= 4 is 34.9 Å². The van der Waals surface area contributed by atoms with Gasteiger partial charge in [0.15, 0.2) is 0 Å². The third-order valence-corrected chi connectivity index (χ3v) is 2.37. The number of nitrogens with two attached hydrogens (primary N) is 1. The van der Waals surface area contributed by atoms with Crippen LogP contribution in [0.2, 0.25) is 5.02 Å². The zero-order valence-electron chi connectivity index (χ0n) is 9.07.